The van der Waals surface area contributed by atoms with E-state index in [9.17, 15) is 19.6 Å². The Morgan fingerprint density at radius 1 is 1.37 bits per heavy atom. The maximum atomic E-state index is 13.4. The normalized spacial score (nSPS) is 17.0. The van der Waals surface area contributed by atoms with Gasteiger partial charge in [0.1, 0.15) is 17.8 Å². The second kappa shape index (κ2) is 10.3. The number of amides is 3. The summed E-state index contributed by atoms with van der Waals surface area (Å²) in [6.07, 6.45) is 1.37. The first-order valence-corrected chi connectivity index (χ1v) is 10.7. The number of hydrogen-bond donors (Lipinski definition) is 2. The van der Waals surface area contributed by atoms with Crippen molar-refractivity contribution < 1.29 is 19.1 Å². The maximum absolute atomic E-state index is 13.4. The van der Waals surface area contributed by atoms with Gasteiger partial charge >= 0.3 is 0 Å². The largest absolute Gasteiger partial charge is 0.496 e. The topological polar surface area (TPSA) is 112 Å². The van der Waals surface area contributed by atoms with Crippen LogP contribution in [0.15, 0.2) is 24.3 Å². The van der Waals surface area contributed by atoms with Crippen LogP contribution in [0, 0.1) is 11.3 Å². The van der Waals surface area contributed by atoms with Gasteiger partial charge in [0.25, 0.3) is 5.91 Å². The molecule has 0 unspecified atom stereocenters. The van der Waals surface area contributed by atoms with Crippen molar-refractivity contribution in [1.29, 1.82) is 5.26 Å². The number of rotatable bonds is 8. The highest BCUT2D eigenvalue weighted by Crippen LogP contribution is 2.31. The second-order valence-electron chi connectivity index (χ2n) is 7.55. The predicted octanol–water partition coefficient (Wildman–Crippen LogP) is 1.91. The Labute approximate surface area is 181 Å². The Hall–Kier alpha value is -2.73. The zero-order chi connectivity index (χ0) is 22.3. The van der Waals surface area contributed by atoms with Gasteiger partial charge in [-0.2, -0.15) is 5.26 Å². The minimum absolute atomic E-state index is 0.177. The molecule has 1 aliphatic rings. The Balaban J connectivity index is 2.30. The van der Waals surface area contributed by atoms with Crippen molar-refractivity contribution in [2.45, 2.75) is 50.4 Å². The molecule has 2 atom stereocenters. The first-order valence-electron chi connectivity index (χ1n) is 9.73. The van der Waals surface area contributed by atoms with E-state index in [0.29, 0.717) is 30.2 Å². The molecule has 2 rings (SSSR count). The third kappa shape index (κ3) is 5.66. The molecule has 1 fully saturated rings. The fourth-order valence-corrected chi connectivity index (χ4v) is 4.29. The molecule has 1 heterocycles. The van der Waals surface area contributed by atoms with Gasteiger partial charge in [0.15, 0.2) is 0 Å². The van der Waals surface area contributed by atoms with E-state index in [-0.39, 0.29) is 11.8 Å². The zero-order valence-corrected chi connectivity index (χ0v) is 18.5. The molecule has 30 heavy (non-hydrogen) atoms. The minimum Gasteiger partial charge on any atom is -0.496 e. The van der Waals surface area contributed by atoms with Gasteiger partial charge in [-0.1, -0.05) is 12.1 Å². The molecule has 8 nitrogen and oxygen atoms in total. The summed E-state index contributed by atoms with van der Waals surface area (Å²) >= 11 is 1.35. The Morgan fingerprint density at radius 2 is 2.07 bits per heavy atom. The molecule has 0 aromatic heterocycles. The van der Waals surface area contributed by atoms with Crippen LogP contribution in [0.1, 0.15) is 44.0 Å². The third-order valence-electron chi connectivity index (χ3n) is 5.02. The summed E-state index contributed by atoms with van der Waals surface area (Å²) in [5, 5.41) is 15.0. The van der Waals surface area contributed by atoms with E-state index in [1.54, 1.807) is 24.3 Å². The van der Waals surface area contributed by atoms with Gasteiger partial charge in [0.2, 0.25) is 11.8 Å². The first kappa shape index (κ1) is 23.5. The highest BCUT2D eigenvalue weighted by Gasteiger charge is 2.42. The van der Waals surface area contributed by atoms with Gasteiger partial charge in [-0.25, -0.2) is 0 Å². The van der Waals surface area contributed by atoms with Crippen LogP contribution in [0.3, 0.4) is 0 Å². The van der Waals surface area contributed by atoms with Crippen LogP contribution in [0.4, 0.5) is 0 Å². The van der Waals surface area contributed by atoms with Crippen molar-refractivity contribution in [2.75, 3.05) is 19.5 Å². The van der Waals surface area contributed by atoms with Gasteiger partial charge in [-0.05, 0) is 38.8 Å². The molecule has 1 aliphatic heterocycles. The molecule has 0 saturated carbocycles. The number of nitrogens with one attached hydrogen (secondary N) is 2. The lowest BCUT2D eigenvalue weighted by atomic mass is 10.00. The molecule has 2 N–H and O–H groups in total. The quantitative estimate of drug-likeness (QED) is 0.607. The number of ether oxygens (including phenoxy) is 1. The van der Waals surface area contributed by atoms with Crippen molar-refractivity contribution in [3.63, 3.8) is 0 Å². The highest BCUT2D eigenvalue weighted by atomic mass is 32.2. The molecular weight excluding hydrogens is 404 g/mol. The molecule has 0 radical (unpaired) electrons. The number of likely N-dealkylation sites (tertiary alicyclic amines) is 1. The smallest absolute Gasteiger partial charge is 0.255 e. The van der Waals surface area contributed by atoms with Gasteiger partial charge < -0.3 is 20.3 Å². The van der Waals surface area contributed by atoms with E-state index in [1.807, 2.05) is 13.8 Å². The summed E-state index contributed by atoms with van der Waals surface area (Å²) in [4.78, 5) is 39.2. The summed E-state index contributed by atoms with van der Waals surface area (Å²) in [6, 6.07) is 7.55. The van der Waals surface area contributed by atoms with Gasteiger partial charge in [0.05, 0.1) is 24.6 Å². The molecule has 3 amide bonds. The van der Waals surface area contributed by atoms with E-state index >= 15 is 0 Å². The molecule has 0 aliphatic carbocycles. The number of para-hydroxylation sites is 1. The van der Waals surface area contributed by atoms with E-state index in [2.05, 4.69) is 16.7 Å². The number of nitriles is 1. The van der Waals surface area contributed by atoms with Gasteiger partial charge in [-0.15, -0.1) is 11.8 Å². The fraction of sp³-hybridized carbons (Fsp3) is 0.524. The third-order valence-corrected chi connectivity index (χ3v) is 6.29. The van der Waals surface area contributed by atoms with Crippen LogP contribution in [0.5, 0.6) is 5.75 Å². The molecule has 1 saturated heterocycles. The molecular formula is C21H28N4O4S. The second-order valence-corrected chi connectivity index (χ2v) is 9.18. The average Bonchev–Trinajstić information content (AvgIpc) is 3.19. The van der Waals surface area contributed by atoms with E-state index in [4.69, 9.17) is 4.74 Å². The predicted molar refractivity (Wildman–Crippen MR) is 115 cm³/mol. The van der Waals surface area contributed by atoms with Crippen LogP contribution in [0.25, 0.3) is 0 Å². The van der Waals surface area contributed by atoms with Gasteiger partial charge in [0, 0.05) is 18.2 Å². The number of carbonyl (C=O) groups excluding carboxylic acids is 3. The summed E-state index contributed by atoms with van der Waals surface area (Å²) < 4.78 is 4.52. The molecule has 0 spiro atoms. The first-order chi connectivity index (χ1) is 14.2. The van der Waals surface area contributed by atoms with Crippen LogP contribution in [-0.4, -0.2) is 59.0 Å². The highest BCUT2D eigenvalue weighted by molar-refractivity contribution is 8.00. The lowest BCUT2D eigenvalue weighted by molar-refractivity contribution is -0.133. The van der Waals surface area contributed by atoms with Crippen molar-refractivity contribution in [3.8, 4) is 11.8 Å². The number of benzene rings is 1. The monoisotopic (exact) mass is 432 g/mol. The number of thioether (sulfide) groups is 1. The van der Waals surface area contributed by atoms with E-state index < -0.39 is 22.7 Å². The van der Waals surface area contributed by atoms with Crippen molar-refractivity contribution in [3.05, 3.63) is 29.8 Å². The molecule has 1 aromatic rings. The SMILES string of the molecule is COc1ccccc1C(=O)N[C@H](C(=O)N1CCC[C@H]1C#N)C(C)(C)SCNC(C)=O. The van der Waals surface area contributed by atoms with Crippen LogP contribution in [0.2, 0.25) is 0 Å². The number of nitrogens with zero attached hydrogens (tertiary/aromatic N) is 2. The van der Waals surface area contributed by atoms with Gasteiger partial charge in [-0.3, -0.25) is 14.4 Å². The zero-order valence-electron chi connectivity index (χ0n) is 17.7. The van der Waals surface area contributed by atoms with Crippen molar-refractivity contribution >= 4 is 29.5 Å². The summed E-state index contributed by atoms with van der Waals surface area (Å²) in [6.45, 7) is 5.57. The molecule has 162 valence electrons. The lowest BCUT2D eigenvalue weighted by Crippen LogP contribution is -2.58. The summed E-state index contributed by atoms with van der Waals surface area (Å²) in [5.74, 6) is -0.225. The fourth-order valence-electron chi connectivity index (χ4n) is 3.31. The van der Waals surface area contributed by atoms with E-state index in [1.165, 1.54) is 30.7 Å². The molecule has 9 heteroatoms. The van der Waals surface area contributed by atoms with E-state index in [0.717, 1.165) is 6.42 Å². The van der Waals surface area contributed by atoms with Crippen LogP contribution in [-0.2, 0) is 9.59 Å². The lowest BCUT2D eigenvalue weighted by Gasteiger charge is -2.36. The van der Waals surface area contributed by atoms with Crippen molar-refractivity contribution in [1.82, 2.24) is 15.5 Å². The minimum atomic E-state index is -0.900. The average molecular weight is 433 g/mol. The van der Waals surface area contributed by atoms with Crippen LogP contribution >= 0.6 is 11.8 Å². The standard InChI is InChI=1S/C21H28N4O4S/c1-14(26)23-13-30-21(2,3)18(20(28)25-11-7-8-15(25)12-22)24-19(27)16-9-5-6-10-17(16)29-4/h5-6,9-10,15,18H,7-8,11,13H2,1-4H3,(H,23,26)(H,24,27)/t15-,18+/m0/s1. The number of methoxy groups -OCH3 is 1. The Bertz CT molecular complexity index is 837. The number of carbonyl (C=O) groups is 3. The van der Waals surface area contributed by atoms with Crippen molar-refractivity contribution in [2.24, 2.45) is 0 Å². The van der Waals surface area contributed by atoms with Crippen LogP contribution < -0.4 is 15.4 Å². The molecule has 1 aromatic carbocycles. The number of hydrogen-bond acceptors (Lipinski definition) is 6. The molecule has 0 bridgehead atoms. The summed E-state index contributed by atoms with van der Waals surface area (Å²) in [5.41, 5.74) is 0.318. The Kier molecular flexibility index (Phi) is 8.12. The summed E-state index contributed by atoms with van der Waals surface area (Å²) in [7, 11) is 1.48. The maximum Gasteiger partial charge on any atom is 0.255 e. The Morgan fingerprint density at radius 3 is 2.70 bits per heavy atom.